The summed E-state index contributed by atoms with van der Waals surface area (Å²) in [5.74, 6) is 0. The molecule has 18 heavy (non-hydrogen) atoms. The van der Waals surface area contributed by atoms with Crippen LogP contribution in [0.3, 0.4) is 0 Å². The summed E-state index contributed by atoms with van der Waals surface area (Å²) in [5, 5.41) is 1.81. The molecule has 5 nitrogen and oxygen atoms in total. The molecule has 2 N–H and O–H groups in total. The Morgan fingerprint density at radius 3 is 2.50 bits per heavy atom. The second-order valence-electron chi connectivity index (χ2n) is 4.32. The molecule has 1 fully saturated rings. The highest BCUT2D eigenvalue weighted by molar-refractivity contribution is 7.91. The van der Waals surface area contributed by atoms with E-state index >= 15 is 0 Å². The van der Waals surface area contributed by atoms with Gasteiger partial charge in [-0.25, -0.2) is 8.42 Å². The van der Waals surface area contributed by atoms with Gasteiger partial charge in [-0.2, -0.15) is 4.31 Å². The SMILES string of the molecule is CCN1CCN(S(=O)(=O)c2cc(CN)cs2)CC1. The van der Waals surface area contributed by atoms with Crippen LogP contribution in [0.2, 0.25) is 0 Å². The first kappa shape index (κ1) is 14.0. The van der Waals surface area contributed by atoms with Gasteiger partial charge in [-0.05, 0) is 23.6 Å². The van der Waals surface area contributed by atoms with E-state index in [9.17, 15) is 8.42 Å². The van der Waals surface area contributed by atoms with Crippen LogP contribution in [0.15, 0.2) is 15.7 Å². The lowest BCUT2D eigenvalue weighted by molar-refractivity contribution is 0.196. The summed E-state index contributed by atoms with van der Waals surface area (Å²) in [6.07, 6.45) is 0. The number of sulfonamides is 1. The van der Waals surface area contributed by atoms with Crippen LogP contribution < -0.4 is 5.73 Å². The normalized spacial score (nSPS) is 19.2. The van der Waals surface area contributed by atoms with E-state index in [0.717, 1.165) is 25.2 Å². The van der Waals surface area contributed by atoms with Crippen LogP contribution in [0.1, 0.15) is 12.5 Å². The van der Waals surface area contributed by atoms with E-state index in [2.05, 4.69) is 11.8 Å². The first-order chi connectivity index (χ1) is 8.57. The van der Waals surface area contributed by atoms with E-state index in [0.29, 0.717) is 23.8 Å². The second kappa shape index (κ2) is 5.66. The number of rotatable bonds is 4. The fraction of sp³-hybridized carbons (Fsp3) is 0.636. The van der Waals surface area contributed by atoms with Gasteiger partial charge in [0, 0.05) is 32.7 Å². The molecular weight excluding hydrogens is 270 g/mol. The number of nitrogens with two attached hydrogens (primary N) is 1. The van der Waals surface area contributed by atoms with Crippen molar-refractivity contribution in [2.24, 2.45) is 5.73 Å². The van der Waals surface area contributed by atoms with Gasteiger partial charge < -0.3 is 10.6 Å². The van der Waals surface area contributed by atoms with Crippen LogP contribution in [0.5, 0.6) is 0 Å². The smallest absolute Gasteiger partial charge is 0.252 e. The second-order valence-corrected chi connectivity index (χ2v) is 7.39. The molecule has 0 atom stereocenters. The third-order valence-electron chi connectivity index (χ3n) is 3.24. The predicted molar refractivity (Wildman–Crippen MR) is 73.1 cm³/mol. The minimum Gasteiger partial charge on any atom is -0.326 e. The molecule has 1 saturated heterocycles. The number of likely N-dealkylation sites (N-methyl/N-ethyl adjacent to an activating group) is 1. The predicted octanol–water partition coefficient (Wildman–Crippen LogP) is 0.533. The molecular formula is C11H19N3O2S2. The fourth-order valence-corrected chi connectivity index (χ4v) is 4.81. The van der Waals surface area contributed by atoms with Gasteiger partial charge in [0.2, 0.25) is 0 Å². The van der Waals surface area contributed by atoms with Crippen LogP contribution in [0.25, 0.3) is 0 Å². The summed E-state index contributed by atoms with van der Waals surface area (Å²) in [6, 6.07) is 1.69. The van der Waals surface area contributed by atoms with Gasteiger partial charge in [0.1, 0.15) is 4.21 Å². The molecule has 0 aliphatic carbocycles. The molecule has 1 aliphatic rings. The third kappa shape index (κ3) is 2.75. The zero-order valence-electron chi connectivity index (χ0n) is 10.5. The van der Waals surface area contributed by atoms with Gasteiger partial charge in [0.15, 0.2) is 0 Å². The molecule has 102 valence electrons. The van der Waals surface area contributed by atoms with Gasteiger partial charge in [-0.1, -0.05) is 6.92 Å². The topological polar surface area (TPSA) is 66.6 Å². The van der Waals surface area contributed by atoms with Gasteiger partial charge in [0.05, 0.1) is 0 Å². The highest BCUT2D eigenvalue weighted by atomic mass is 32.2. The first-order valence-electron chi connectivity index (χ1n) is 6.08. The lowest BCUT2D eigenvalue weighted by Gasteiger charge is -2.32. The van der Waals surface area contributed by atoms with Crippen molar-refractivity contribution in [1.82, 2.24) is 9.21 Å². The van der Waals surface area contributed by atoms with Gasteiger partial charge in [0.25, 0.3) is 10.0 Å². The highest BCUT2D eigenvalue weighted by Gasteiger charge is 2.29. The molecule has 1 aromatic heterocycles. The molecule has 0 spiro atoms. The molecule has 0 saturated carbocycles. The highest BCUT2D eigenvalue weighted by Crippen LogP contribution is 2.24. The van der Waals surface area contributed by atoms with E-state index in [1.54, 1.807) is 10.4 Å². The van der Waals surface area contributed by atoms with Gasteiger partial charge in [-0.15, -0.1) is 11.3 Å². The van der Waals surface area contributed by atoms with Crippen molar-refractivity contribution in [2.45, 2.75) is 17.7 Å². The molecule has 1 aromatic rings. The number of thiophene rings is 1. The Hall–Kier alpha value is -0.470. The molecule has 0 unspecified atom stereocenters. The molecule has 0 bridgehead atoms. The summed E-state index contributed by atoms with van der Waals surface area (Å²) in [5.41, 5.74) is 6.39. The Morgan fingerprint density at radius 2 is 2.00 bits per heavy atom. The quantitative estimate of drug-likeness (QED) is 0.878. The van der Waals surface area contributed by atoms with Crippen LogP contribution >= 0.6 is 11.3 Å². The maximum atomic E-state index is 12.4. The van der Waals surface area contributed by atoms with Crippen LogP contribution in [-0.4, -0.2) is 50.3 Å². The minimum atomic E-state index is -3.31. The average Bonchev–Trinajstić information content (AvgIpc) is 2.88. The third-order valence-corrected chi connectivity index (χ3v) is 6.60. The monoisotopic (exact) mass is 289 g/mol. The van der Waals surface area contributed by atoms with E-state index in [4.69, 9.17) is 5.73 Å². The molecule has 7 heteroatoms. The van der Waals surface area contributed by atoms with Crippen molar-refractivity contribution in [3.05, 3.63) is 17.0 Å². The largest absolute Gasteiger partial charge is 0.326 e. The summed E-state index contributed by atoms with van der Waals surface area (Å²) in [4.78, 5) is 2.26. The average molecular weight is 289 g/mol. The number of nitrogens with zero attached hydrogens (tertiary/aromatic N) is 2. The molecule has 2 rings (SSSR count). The van der Waals surface area contributed by atoms with Gasteiger partial charge >= 0.3 is 0 Å². The van der Waals surface area contributed by atoms with Crippen molar-refractivity contribution < 1.29 is 8.42 Å². The maximum Gasteiger partial charge on any atom is 0.252 e. The molecule has 1 aliphatic heterocycles. The summed E-state index contributed by atoms with van der Waals surface area (Å²) in [7, 11) is -3.31. The Morgan fingerprint density at radius 1 is 1.33 bits per heavy atom. The van der Waals surface area contributed by atoms with Gasteiger partial charge in [-0.3, -0.25) is 0 Å². The number of piperazine rings is 1. The zero-order chi connectivity index (χ0) is 13.2. The number of hydrogen-bond acceptors (Lipinski definition) is 5. The number of hydrogen-bond donors (Lipinski definition) is 1. The Bertz CT molecular complexity index is 490. The Labute approximate surface area is 112 Å². The van der Waals surface area contributed by atoms with Crippen molar-refractivity contribution in [1.29, 1.82) is 0 Å². The molecule has 0 radical (unpaired) electrons. The molecule has 2 heterocycles. The Kier molecular flexibility index (Phi) is 4.39. The van der Waals surface area contributed by atoms with Crippen LogP contribution in [0.4, 0.5) is 0 Å². The summed E-state index contributed by atoms with van der Waals surface area (Å²) < 4.78 is 26.8. The van der Waals surface area contributed by atoms with Crippen molar-refractivity contribution >= 4 is 21.4 Å². The first-order valence-corrected chi connectivity index (χ1v) is 8.40. The van der Waals surface area contributed by atoms with Crippen molar-refractivity contribution in [3.63, 3.8) is 0 Å². The van der Waals surface area contributed by atoms with E-state index < -0.39 is 10.0 Å². The molecule has 0 aromatic carbocycles. The summed E-state index contributed by atoms with van der Waals surface area (Å²) in [6.45, 7) is 6.23. The minimum absolute atomic E-state index is 0.385. The lowest BCUT2D eigenvalue weighted by atomic mass is 10.4. The summed E-state index contributed by atoms with van der Waals surface area (Å²) >= 11 is 1.26. The van der Waals surface area contributed by atoms with Crippen molar-refractivity contribution in [3.8, 4) is 0 Å². The van der Waals surface area contributed by atoms with Crippen LogP contribution in [-0.2, 0) is 16.6 Å². The van der Waals surface area contributed by atoms with Crippen molar-refractivity contribution in [2.75, 3.05) is 32.7 Å². The van der Waals surface area contributed by atoms with E-state index in [1.165, 1.54) is 11.3 Å². The fourth-order valence-electron chi connectivity index (χ4n) is 2.01. The maximum absolute atomic E-state index is 12.4. The van der Waals surface area contributed by atoms with E-state index in [1.807, 2.05) is 5.38 Å². The lowest BCUT2D eigenvalue weighted by Crippen LogP contribution is -2.48. The standard InChI is InChI=1S/C11H19N3O2S2/c1-2-13-3-5-14(6-4-13)18(15,16)11-7-10(8-12)9-17-11/h7,9H,2-6,8,12H2,1H3. The van der Waals surface area contributed by atoms with E-state index in [-0.39, 0.29) is 0 Å². The zero-order valence-corrected chi connectivity index (χ0v) is 12.1. The van der Waals surface area contributed by atoms with Crippen LogP contribution in [0, 0.1) is 0 Å². The molecule has 0 amide bonds. The Balaban J connectivity index is 2.12.